The summed E-state index contributed by atoms with van der Waals surface area (Å²) in [6.45, 7) is 7.63. The second-order valence-corrected chi connectivity index (χ2v) is 9.28. The summed E-state index contributed by atoms with van der Waals surface area (Å²) in [5, 5.41) is 2.77. The third-order valence-corrected chi connectivity index (χ3v) is 5.90. The standard InChI is InChI=1S/C24H26N2O4S/c1-16(2)30-21-7-5-6-19(15-21)24(27)25-20-9-11-22(12-10-20)31(28,29)26-23-13-8-17(3)14-18(23)4/h5-16,26H,1-4H3,(H,25,27). The minimum Gasteiger partial charge on any atom is -0.491 e. The van der Waals surface area contributed by atoms with E-state index in [0.717, 1.165) is 11.1 Å². The maximum absolute atomic E-state index is 12.7. The molecule has 0 saturated carbocycles. The molecular weight excluding hydrogens is 412 g/mol. The molecule has 2 N–H and O–H groups in total. The highest BCUT2D eigenvalue weighted by Crippen LogP contribution is 2.22. The van der Waals surface area contributed by atoms with Gasteiger partial charge in [0.1, 0.15) is 5.75 Å². The molecule has 0 saturated heterocycles. The Morgan fingerprint density at radius 3 is 2.29 bits per heavy atom. The van der Waals surface area contributed by atoms with Crippen molar-refractivity contribution in [2.75, 3.05) is 10.0 Å². The van der Waals surface area contributed by atoms with Crippen LogP contribution in [0.1, 0.15) is 35.3 Å². The van der Waals surface area contributed by atoms with Gasteiger partial charge in [-0.05, 0) is 81.8 Å². The Morgan fingerprint density at radius 1 is 0.935 bits per heavy atom. The Morgan fingerprint density at radius 2 is 1.65 bits per heavy atom. The number of aryl methyl sites for hydroxylation is 2. The fourth-order valence-electron chi connectivity index (χ4n) is 3.04. The first-order valence-electron chi connectivity index (χ1n) is 9.92. The lowest BCUT2D eigenvalue weighted by molar-refractivity contribution is 0.102. The van der Waals surface area contributed by atoms with Crippen molar-refractivity contribution in [1.29, 1.82) is 0 Å². The van der Waals surface area contributed by atoms with Gasteiger partial charge in [0.2, 0.25) is 0 Å². The summed E-state index contributed by atoms with van der Waals surface area (Å²) in [7, 11) is -3.74. The number of sulfonamides is 1. The van der Waals surface area contributed by atoms with Gasteiger partial charge in [0.05, 0.1) is 16.7 Å². The number of rotatable bonds is 7. The Kier molecular flexibility index (Phi) is 6.65. The Labute approximate surface area is 183 Å². The molecule has 7 heteroatoms. The van der Waals surface area contributed by atoms with E-state index in [1.807, 2.05) is 39.8 Å². The van der Waals surface area contributed by atoms with Crippen molar-refractivity contribution >= 4 is 27.3 Å². The highest BCUT2D eigenvalue weighted by Gasteiger charge is 2.16. The van der Waals surface area contributed by atoms with Crippen molar-refractivity contribution in [3.8, 4) is 5.75 Å². The second-order valence-electron chi connectivity index (χ2n) is 7.60. The molecule has 0 spiro atoms. The van der Waals surface area contributed by atoms with Crippen LogP contribution in [0.3, 0.4) is 0 Å². The lowest BCUT2D eigenvalue weighted by Crippen LogP contribution is -2.15. The van der Waals surface area contributed by atoms with Gasteiger partial charge in [0.25, 0.3) is 15.9 Å². The largest absolute Gasteiger partial charge is 0.491 e. The number of anilines is 2. The molecule has 0 aromatic heterocycles. The normalized spacial score (nSPS) is 11.3. The van der Waals surface area contributed by atoms with Crippen LogP contribution in [0.25, 0.3) is 0 Å². The molecule has 0 aliphatic rings. The van der Waals surface area contributed by atoms with Crippen molar-refractivity contribution in [1.82, 2.24) is 0 Å². The van der Waals surface area contributed by atoms with Crippen molar-refractivity contribution < 1.29 is 17.9 Å². The average molecular weight is 439 g/mol. The zero-order valence-corrected chi connectivity index (χ0v) is 18.8. The zero-order valence-electron chi connectivity index (χ0n) is 18.0. The first-order valence-corrected chi connectivity index (χ1v) is 11.4. The highest BCUT2D eigenvalue weighted by molar-refractivity contribution is 7.92. The molecular formula is C24H26N2O4S. The maximum atomic E-state index is 12.7. The van der Waals surface area contributed by atoms with Crippen LogP contribution in [0.2, 0.25) is 0 Å². The van der Waals surface area contributed by atoms with E-state index < -0.39 is 10.0 Å². The van der Waals surface area contributed by atoms with Crippen molar-refractivity contribution in [3.63, 3.8) is 0 Å². The summed E-state index contributed by atoms with van der Waals surface area (Å²) in [6.07, 6.45) is 0.00473. The van der Waals surface area contributed by atoms with Gasteiger partial charge in [-0.2, -0.15) is 0 Å². The molecule has 3 rings (SSSR count). The molecule has 0 heterocycles. The lowest BCUT2D eigenvalue weighted by atomic mass is 10.1. The van der Waals surface area contributed by atoms with Gasteiger partial charge in [-0.15, -0.1) is 0 Å². The van der Waals surface area contributed by atoms with Crippen LogP contribution in [0.4, 0.5) is 11.4 Å². The van der Waals surface area contributed by atoms with E-state index in [1.54, 1.807) is 42.5 Å². The van der Waals surface area contributed by atoms with Crippen molar-refractivity contribution in [3.05, 3.63) is 83.4 Å². The molecule has 1 amide bonds. The van der Waals surface area contributed by atoms with Gasteiger partial charge in [-0.1, -0.05) is 23.8 Å². The van der Waals surface area contributed by atoms with Crippen LogP contribution >= 0.6 is 0 Å². The summed E-state index contributed by atoms with van der Waals surface area (Å²) in [6, 6.07) is 18.4. The molecule has 0 aliphatic heterocycles. The first kappa shape index (κ1) is 22.4. The van der Waals surface area contributed by atoms with Gasteiger partial charge in [0, 0.05) is 11.3 Å². The van der Waals surface area contributed by atoms with Crippen LogP contribution in [0.5, 0.6) is 5.75 Å². The van der Waals surface area contributed by atoms with E-state index >= 15 is 0 Å². The predicted octanol–water partition coefficient (Wildman–Crippen LogP) is 5.14. The molecule has 0 atom stereocenters. The molecule has 31 heavy (non-hydrogen) atoms. The minimum atomic E-state index is -3.74. The van der Waals surface area contributed by atoms with Crippen LogP contribution in [-0.2, 0) is 10.0 Å². The maximum Gasteiger partial charge on any atom is 0.261 e. The van der Waals surface area contributed by atoms with E-state index in [1.165, 1.54) is 12.1 Å². The number of amides is 1. The Hall–Kier alpha value is -3.32. The van der Waals surface area contributed by atoms with Crippen molar-refractivity contribution in [2.45, 2.75) is 38.7 Å². The molecule has 0 aliphatic carbocycles. The van der Waals surface area contributed by atoms with E-state index in [2.05, 4.69) is 10.0 Å². The number of ether oxygens (including phenoxy) is 1. The van der Waals surface area contributed by atoms with Crippen LogP contribution in [0.15, 0.2) is 71.6 Å². The summed E-state index contributed by atoms with van der Waals surface area (Å²) < 4.78 is 33.6. The number of hydrogen-bond donors (Lipinski definition) is 2. The minimum absolute atomic E-state index is 0.00473. The summed E-state index contributed by atoms with van der Waals surface area (Å²) in [5.74, 6) is 0.305. The number of benzene rings is 3. The summed E-state index contributed by atoms with van der Waals surface area (Å²) in [4.78, 5) is 12.7. The molecule has 3 aromatic rings. The van der Waals surface area contributed by atoms with Gasteiger partial charge >= 0.3 is 0 Å². The monoisotopic (exact) mass is 438 g/mol. The van der Waals surface area contributed by atoms with Gasteiger partial charge in [-0.25, -0.2) is 8.42 Å². The van der Waals surface area contributed by atoms with E-state index in [-0.39, 0.29) is 16.9 Å². The Bertz CT molecular complexity index is 1190. The lowest BCUT2D eigenvalue weighted by Gasteiger charge is -2.12. The van der Waals surface area contributed by atoms with Crippen molar-refractivity contribution in [2.24, 2.45) is 0 Å². The highest BCUT2D eigenvalue weighted by atomic mass is 32.2. The van der Waals surface area contributed by atoms with Gasteiger partial charge in [0.15, 0.2) is 0 Å². The molecule has 0 unspecified atom stereocenters. The second kappa shape index (κ2) is 9.22. The quantitative estimate of drug-likeness (QED) is 0.535. The van der Waals surface area contributed by atoms with E-state index in [4.69, 9.17) is 4.74 Å². The van der Waals surface area contributed by atoms with Crippen LogP contribution < -0.4 is 14.8 Å². The molecule has 0 radical (unpaired) electrons. The molecule has 0 bridgehead atoms. The SMILES string of the molecule is Cc1ccc(NS(=O)(=O)c2ccc(NC(=O)c3cccc(OC(C)C)c3)cc2)c(C)c1. The predicted molar refractivity (Wildman–Crippen MR) is 123 cm³/mol. The van der Waals surface area contributed by atoms with E-state index in [9.17, 15) is 13.2 Å². The van der Waals surface area contributed by atoms with Gasteiger partial charge < -0.3 is 10.1 Å². The number of carbonyl (C=O) groups excluding carboxylic acids is 1. The fourth-order valence-corrected chi connectivity index (χ4v) is 4.17. The smallest absolute Gasteiger partial charge is 0.261 e. The van der Waals surface area contributed by atoms with Crippen LogP contribution in [0, 0.1) is 13.8 Å². The van der Waals surface area contributed by atoms with E-state index in [0.29, 0.717) is 22.7 Å². The third-order valence-electron chi connectivity index (χ3n) is 4.52. The molecule has 0 fully saturated rings. The topological polar surface area (TPSA) is 84.5 Å². The number of hydrogen-bond acceptors (Lipinski definition) is 4. The third kappa shape index (κ3) is 5.86. The average Bonchev–Trinajstić information content (AvgIpc) is 2.70. The number of nitrogens with one attached hydrogen (secondary N) is 2. The van der Waals surface area contributed by atoms with Gasteiger partial charge in [-0.3, -0.25) is 9.52 Å². The first-order chi connectivity index (χ1) is 14.6. The van der Waals surface area contributed by atoms with Crippen LogP contribution in [-0.4, -0.2) is 20.4 Å². The summed E-state index contributed by atoms with van der Waals surface area (Å²) >= 11 is 0. The molecule has 3 aromatic carbocycles. The zero-order chi connectivity index (χ0) is 22.6. The number of carbonyl (C=O) groups is 1. The summed E-state index contributed by atoms with van der Waals surface area (Å²) in [5.41, 5.74) is 3.38. The molecule has 6 nitrogen and oxygen atoms in total. The molecule has 162 valence electrons. The fraction of sp³-hybridized carbons (Fsp3) is 0.208. The Balaban J connectivity index is 1.71.